The molecule has 25 heavy (non-hydrogen) atoms. The topological polar surface area (TPSA) is 99.3 Å². The van der Waals surface area contributed by atoms with Crippen LogP contribution in [0.4, 0.5) is 0 Å². The van der Waals surface area contributed by atoms with Gasteiger partial charge < -0.3 is 14.5 Å². The summed E-state index contributed by atoms with van der Waals surface area (Å²) in [5.41, 5.74) is 1.76. The van der Waals surface area contributed by atoms with Crippen molar-refractivity contribution in [2.24, 2.45) is 0 Å². The third kappa shape index (κ3) is 3.68. The maximum absolute atomic E-state index is 12.1. The average molecular weight is 342 g/mol. The third-order valence-electron chi connectivity index (χ3n) is 3.73. The normalized spacial score (nSPS) is 12.1. The summed E-state index contributed by atoms with van der Waals surface area (Å²) in [6.07, 6.45) is 1.53. The average Bonchev–Trinajstić information content (AvgIpc) is 3.28. The van der Waals surface area contributed by atoms with Gasteiger partial charge in [0.15, 0.2) is 6.61 Å². The fraction of sp³-hybridized carbons (Fsp3) is 0.294. The van der Waals surface area contributed by atoms with Gasteiger partial charge in [0.25, 0.3) is 5.91 Å². The van der Waals surface area contributed by atoms with Crippen molar-refractivity contribution in [3.63, 3.8) is 0 Å². The Bertz CT molecular complexity index is 885. The second-order valence-corrected chi connectivity index (χ2v) is 5.49. The van der Waals surface area contributed by atoms with Gasteiger partial charge in [0, 0.05) is 6.54 Å². The number of esters is 1. The maximum Gasteiger partial charge on any atom is 0.338 e. The lowest BCUT2D eigenvalue weighted by Crippen LogP contribution is -2.30. The van der Waals surface area contributed by atoms with Gasteiger partial charge in [0.2, 0.25) is 0 Å². The molecule has 0 aliphatic rings. The first kappa shape index (κ1) is 16.7. The number of aromatic nitrogens is 3. The van der Waals surface area contributed by atoms with Crippen LogP contribution in [-0.4, -0.2) is 33.5 Å². The molecule has 1 atom stereocenters. The molecular weight excluding hydrogens is 324 g/mol. The molecular formula is C17H18N4O4. The smallest absolute Gasteiger partial charge is 0.338 e. The van der Waals surface area contributed by atoms with Crippen molar-refractivity contribution < 1.29 is 18.7 Å². The van der Waals surface area contributed by atoms with E-state index in [9.17, 15) is 9.59 Å². The lowest BCUT2D eigenvalue weighted by molar-refractivity contribution is -0.125. The van der Waals surface area contributed by atoms with Crippen LogP contribution in [0.1, 0.15) is 36.0 Å². The van der Waals surface area contributed by atoms with Crippen LogP contribution in [0.3, 0.4) is 0 Å². The number of fused-ring (bicyclic) bond motifs is 1. The first-order valence-corrected chi connectivity index (χ1v) is 7.91. The van der Waals surface area contributed by atoms with Gasteiger partial charge in [-0.15, -0.1) is 5.10 Å². The van der Waals surface area contributed by atoms with Gasteiger partial charge in [-0.3, -0.25) is 4.79 Å². The Morgan fingerprint density at radius 3 is 2.92 bits per heavy atom. The van der Waals surface area contributed by atoms with Gasteiger partial charge in [-0.25, -0.2) is 9.48 Å². The molecule has 2 aromatic heterocycles. The van der Waals surface area contributed by atoms with Crippen LogP contribution in [0.5, 0.6) is 0 Å². The van der Waals surface area contributed by atoms with Crippen molar-refractivity contribution in [3.05, 3.63) is 47.9 Å². The van der Waals surface area contributed by atoms with Crippen molar-refractivity contribution in [1.29, 1.82) is 0 Å². The zero-order valence-electron chi connectivity index (χ0n) is 13.9. The fourth-order valence-electron chi connectivity index (χ4n) is 2.44. The molecule has 3 rings (SSSR count). The molecule has 1 aromatic carbocycles. The van der Waals surface area contributed by atoms with E-state index in [0.29, 0.717) is 23.4 Å². The second kappa shape index (κ2) is 7.16. The van der Waals surface area contributed by atoms with Crippen LogP contribution < -0.4 is 5.32 Å². The van der Waals surface area contributed by atoms with Crippen LogP contribution in [0.15, 0.2) is 41.0 Å². The molecule has 0 fully saturated rings. The van der Waals surface area contributed by atoms with Gasteiger partial charge in [-0.1, -0.05) is 5.21 Å². The van der Waals surface area contributed by atoms with Gasteiger partial charge >= 0.3 is 5.97 Å². The summed E-state index contributed by atoms with van der Waals surface area (Å²) in [5, 5.41) is 10.7. The quantitative estimate of drug-likeness (QED) is 0.689. The number of furan rings is 1. The molecule has 2 heterocycles. The van der Waals surface area contributed by atoms with E-state index in [4.69, 9.17) is 9.15 Å². The van der Waals surface area contributed by atoms with Crippen molar-refractivity contribution in [2.75, 3.05) is 6.61 Å². The summed E-state index contributed by atoms with van der Waals surface area (Å²) >= 11 is 0. The molecule has 0 bridgehead atoms. The Labute approximate surface area is 143 Å². The van der Waals surface area contributed by atoms with Crippen LogP contribution in [0, 0.1) is 0 Å². The third-order valence-corrected chi connectivity index (χ3v) is 3.73. The zero-order valence-corrected chi connectivity index (χ0v) is 13.9. The number of nitrogens with one attached hydrogen (secondary N) is 1. The standard InChI is InChI=1S/C17H18N4O4/c1-3-21-14-7-6-12(9-13(14)19-20-21)17(23)25-10-16(22)18-11(2)15-5-4-8-24-15/h4-9,11H,3,10H2,1-2H3,(H,18,22)/t11-/m0/s1. The maximum atomic E-state index is 12.1. The molecule has 0 spiro atoms. The van der Waals surface area contributed by atoms with Crippen molar-refractivity contribution >= 4 is 22.9 Å². The number of amides is 1. The number of carbonyl (C=O) groups is 2. The lowest BCUT2D eigenvalue weighted by Gasteiger charge is -2.11. The molecule has 0 aliphatic heterocycles. The molecule has 3 aromatic rings. The highest BCUT2D eigenvalue weighted by Gasteiger charge is 2.15. The summed E-state index contributed by atoms with van der Waals surface area (Å²) in [6, 6.07) is 8.18. The number of hydrogen-bond acceptors (Lipinski definition) is 6. The number of hydrogen-bond donors (Lipinski definition) is 1. The number of rotatable bonds is 6. The Balaban J connectivity index is 1.57. The number of nitrogens with zero attached hydrogens (tertiary/aromatic N) is 3. The Hall–Kier alpha value is -3.16. The van der Waals surface area contributed by atoms with E-state index in [2.05, 4.69) is 15.6 Å². The molecule has 0 saturated heterocycles. The molecule has 0 aliphatic carbocycles. The summed E-state index contributed by atoms with van der Waals surface area (Å²) in [4.78, 5) is 24.0. The number of benzene rings is 1. The minimum absolute atomic E-state index is 0.304. The minimum atomic E-state index is -0.589. The summed E-state index contributed by atoms with van der Waals surface area (Å²) in [6.45, 7) is 4.06. The van der Waals surface area contributed by atoms with Crippen molar-refractivity contribution in [1.82, 2.24) is 20.3 Å². The molecule has 130 valence electrons. The Kier molecular flexibility index (Phi) is 4.78. The van der Waals surface area contributed by atoms with Gasteiger partial charge in [-0.05, 0) is 44.2 Å². The van der Waals surface area contributed by atoms with Crippen molar-refractivity contribution in [3.8, 4) is 0 Å². The van der Waals surface area contributed by atoms with E-state index in [1.165, 1.54) is 6.26 Å². The highest BCUT2D eigenvalue weighted by Crippen LogP contribution is 2.15. The van der Waals surface area contributed by atoms with E-state index in [-0.39, 0.29) is 12.6 Å². The van der Waals surface area contributed by atoms with Crippen molar-refractivity contribution in [2.45, 2.75) is 26.4 Å². The predicted octanol–water partition coefficient (Wildman–Crippen LogP) is 2.08. The first-order valence-electron chi connectivity index (χ1n) is 7.91. The summed E-state index contributed by atoms with van der Waals surface area (Å²) in [5.74, 6) is -0.367. The Morgan fingerprint density at radius 2 is 2.20 bits per heavy atom. The van der Waals surface area contributed by atoms with E-state index in [1.54, 1.807) is 41.9 Å². The highest BCUT2D eigenvalue weighted by atomic mass is 16.5. The highest BCUT2D eigenvalue weighted by molar-refractivity contribution is 5.94. The van der Waals surface area contributed by atoms with Gasteiger partial charge in [0.1, 0.15) is 11.3 Å². The van der Waals surface area contributed by atoms with E-state index in [1.807, 2.05) is 6.92 Å². The van der Waals surface area contributed by atoms with Crippen LogP contribution >= 0.6 is 0 Å². The van der Waals surface area contributed by atoms with Crippen LogP contribution in [0.2, 0.25) is 0 Å². The first-order chi connectivity index (χ1) is 12.1. The molecule has 0 saturated carbocycles. The summed E-state index contributed by atoms with van der Waals surface area (Å²) in [7, 11) is 0. The molecule has 8 heteroatoms. The number of aryl methyl sites for hydroxylation is 1. The van der Waals surface area contributed by atoms with E-state index in [0.717, 1.165) is 5.52 Å². The number of carbonyl (C=O) groups excluding carboxylic acids is 2. The monoisotopic (exact) mass is 342 g/mol. The lowest BCUT2D eigenvalue weighted by atomic mass is 10.2. The largest absolute Gasteiger partial charge is 0.467 e. The molecule has 8 nitrogen and oxygen atoms in total. The predicted molar refractivity (Wildman–Crippen MR) is 88.8 cm³/mol. The molecule has 0 unspecified atom stereocenters. The van der Waals surface area contributed by atoms with Crippen LogP contribution in [0.25, 0.3) is 11.0 Å². The summed E-state index contributed by atoms with van der Waals surface area (Å²) < 4.78 is 12.0. The van der Waals surface area contributed by atoms with E-state index < -0.39 is 11.9 Å². The zero-order chi connectivity index (χ0) is 17.8. The second-order valence-electron chi connectivity index (χ2n) is 5.49. The Morgan fingerprint density at radius 1 is 1.36 bits per heavy atom. The van der Waals surface area contributed by atoms with Gasteiger partial charge in [-0.2, -0.15) is 0 Å². The molecule has 1 amide bonds. The minimum Gasteiger partial charge on any atom is -0.467 e. The fourth-order valence-corrected chi connectivity index (χ4v) is 2.44. The van der Waals surface area contributed by atoms with E-state index >= 15 is 0 Å². The molecule has 0 radical (unpaired) electrons. The SMILES string of the molecule is CCn1nnc2cc(C(=O)OCC(=O)N[C@@H](C)c3ccco3)ccc21. The van der Waals surface area contributed by atoms with Gasteiger partial charge in [0.05, 0.1) is 23.4 Å². The molecule has 1 N–H and O–H groups in total. The van der Waals surface area contributed by atoms with Crippen LogP contribution in [-0.2, 0) is 16.1 Å². The number of ether oxygens (including phenoxy) is 1.